The lowest BCUT2D eigenvalue weighted by atomic mass is 9.79. The van der Waals surface area contributed by atoms with Crippen molar-refractivity contribution in [2.75, 3.05) is 26.2 Å². The number of carbonyl (C=O) groups is 2. The zero-order valence-corrected chi connectivity index (χ0v) is 13.5. The van der Waals surface area contributed by atoms with Crippen molar-refractivity contribution in [1.29, 1.82) is 0 Å². The standard InChI is InChI=1S/C17H17N3O2S/c21-15(13-3-1-6-18-9-13)19-7-5-17(10-19)11-20(12-17)16(22)14-4-2-8-23-14/h1-4,6,8-9H,5,7,10-12H2. The van der Waals surface area contributed by atoms with Crippen LogP contribution in [0.4, 0.5) is 0 Å². The van der Waals surface area contributed by atoms with Crippen molar-refractivity contribution in [2.24, 2.45) is 5.41 Å². The van der Waals surface area contributed by atoms with Crippen LogP contribution in [0.1, 0.15) is 26.5 Å². The molecule has 4 heterocycles. The molecule has 23 heavy (non-hydrogen) atoms. The monoisotopic (exact) mass is 327 g/mol. The van der Waals surface area contributed by atoms with Crippen molar-refractivity contribution >= 4 is 23.2 Å². The molecule has 4 rings (SSSR count). The fourth-order valence-corrected chi connectivity index (χ4v) is 4.19. The molecular weight excluding hydrogens is 310 g/mol. The third-order valence-corrected chi connectivity index (χ3v) is 5.56. The van der Waals surface area contributed by atoms with Crippen LogP contribution in [0.15, 0.2) is 42.0 Å². The Labute approximate surface area is 138 Å². The van der Waals surface area contributed by atoms with Crippen LogP contribution in [-0.2, 0) is 0 Å². The molecule has 0 saturated carbocycles. The van der Waals surface area contributed by atoms with Gasteiger partial charge in [-0.2, -0.15) is 0 Å². The van der Waals surface area contributed by atoms with Gasteiger partial charge in [0, 0.05) is 44.0 Å². The first kappa shape index (κ1) is 14.4. The van der Waals surface area contributed by atoms with Crippen LogP contribution < -0.4 is 0 Å². The lowest BCUT2D eigenvalue weighted by Gasteiger charge is -2.47. The van der Waals surface area contributed by atoms with E-state index in [-0.39, 0.29) is 17.2 Å². The maximum atomic E-state index is 12.5. The van der Waals surface area contributed by atoms with Gasteiger partial charge in [-0.15, -0.1) is 11.3 Å². The van der Waals surface area contributed by atoms with E-state index in [1.165, 1.54) is 11.3 Å². The Morgan fingerprint density at radius 1 is 1.09 bits per heavy atom. The highest BCUT2D eigenvalue weighted by Gasteiger charge is 2.50. The van der Waals surface area contributed by atoms with E-state index in [0.29, 0.717) is 5.56 Å². The molecule has 1 spiro atoms. The first-order valence-corrected chi connectivity index (χ1v) is 8.57. The lowest BCUT2D eigenvalue weighted by Crippen LogP contribution is -2.59. The van der Waals surface area contributed by atoms with Gasteiger partial charge in [-0.25, -0.2) is 0 Å². The van der Waals surface area contributed by atoms with Gasteiger partial charge in [0.1, 0.15) is 0 Å². The van der Waals surface area contributed by atoms with Crippen LogP contribution >= 0.6 is 11.3 Å². The Hall–Kier alpha value is -2.21. The van der Waals surface area contributed by atoms with E-state index in [2.05, 4.69) is 4.98 Å². The molecule has 0 unspecified atom stereocenters. The van der Waals surface area contributed by atoms with Gasteiger partial charge in [0.2, 0.25) is 0 Å². The molecule has 0 radical (unpaired) electrons. The molecular formula is C17H17N3O2S. The Balaban J connectivity index is 1.38. The summed E-state index contributed by atoms with van der Waals surface area (Å²) in [6.07, 6.45) is 4.25. The van der Waals surface area contributed by atoms with Gasteiger partial charge in [0.25, 0.3) is 11.8 Å². The maximum Gasteiger partial charge on any atom is 0.263 e. The number of aromatic nitrogens is 1. The van der Waals surface area contributed by atoms with Gasteiger partial charge in [0.15, 0.2) is 0 Å². The van der Waals surface area contributed by atoms with Crippen LogP contribution in [0.3, 0.4) is 0 Å². The first-order valence-electron chi connectivity index (χ1n) is 7.69. The number of amides is 2. The third-order valence-electron chi connectivity index (χ3n) is 4.71. The molecule has 118 valence electrons. The minimum Gasteiger partial charge on any atom is -0.338 e. The van der Waals surface area contributed by atoms with Crippen molar-refractivity contribution in [3.05, 3.63) is 52.5 Å². The second-order valence-electron chi connectivity index (χ2n) is 6.36. The van der Waals surface area contributed by atoms with Gasteiger partial charge in [-0.1, -0.05) is 6.07 Å². The molecule has 2 aromatic heterocycles. The molecule has 5 nitrogen and oxygen atoms in total. The molecule has 2 fully saturated rings. The zero-order valence-electron chi connectivity index (χ0n) is 12.6. The Morgan fingerprint density at radius 3 is 2.61 bits per heavy atom. The van der Waals surface area contributed by atoms with Gasteiger partial charge < -0.3 is 9.80 Å². The summed E-state index contributed by atoms with van der Waals surface area (Å²) in [7, 11) is 0. The highest BCUT2D eigenvalue weighted by molar-refractivity contribution is 7.12. The fourth-order valence-electron chi connectivity index (χ4n) is 3.50. The Bertz CT molecular complexity index is 724. The molecule has 2 aliphatic heterocycles. The quantitative estimate of drug-likeness (QED) is 0.849. The maximum absolute atomic E-state index is 12.5. The predicted octanol–water partition coefficient (Wildman–Crippen LogP) is 2.13. The number of likely N-dealkylation sites (tertiary alicyclic amines) is 2. The summed E-state index contributed by atoms with van der Waals surface area (Å²) in [4.78, 5) is 33.4. The molecule has 0 N–H and O–H groups in total. The Morgan fingerprint density at radius 2 is 1.91 bits per heavy atom. The molecule has 2 aromatic rings. The fraction of sp³-hybridized carbons (Fsp3) is 0.353. The normalized spacial score (nSPS) is 19.0. The predicted molar refractivity (Wildman–Crippen MR) is 87.4 cm³/mol. The summed E-state index contributed by atoms with van der Waals surface area (Å²) in [6, 6.07) is 7.35. The average Bonchev–Trinajstić information content (AvgIpc) is 3.22. The molecule has 0 aliphatic carbocycles. The minimum atomic E-state index is 0.0398. The highest BCUT2D eigenvalue weighted by atomic mass is 32.1. The van der Waals surface area contributed by atoms with Gasteiger partial charge in [-0.3, -0.25) is 14.6 Å². The second kappa shape index (κ2) is 5.45. The minimum absolute atomic E-state index is 0.0398. The van der Waals surface area contributed by atoms with Crippen molar-refractivity contribution < 1.29 is 9.59 Å². The second-order valence-corrected chi connectivity index (χ2v) is 7.30. The first-order chi connectivity index (χ1) is 11.2. The number of hydrogen-bond donors (Lipinski definition) is 0. The van der Waals surface area contributed by atoms with Gasteiger partial charge >= 0.3 is 0 Å². The molecule has 6 heteroatoms. The number of thiophene rings is 1. The van der Waals surface area contributed by atoms with E-state index in [1.54, 1.807) is 24.5 Å². The van der Waals surface area contributed by atoms with Crippen LogP contribution in [0.5, 0.6) is 0 Å². The molecule has 0 aromatic carbocycles. The average molecular weight is 327 g/mol. The van der Waals surface area contributed by atoms with Crippen molar-refractivity contribution in [1.82, 2.24) is 14.8 Å². The van der Waals surface area contributed by atoms with Crippen LogP contribution in [0, 0.1) is 5.41 Å². The number of hydrogen-bond acceptors (Lipinski definition) is 4. The van der Waals surface area contributed by atoms with E-state index in [4.69, 9.17) is 0 Å². The van der Waals surface area contributed by atoms with Crippen LogP contribution in [-0.4, -0.2) is 52.8 Å². The number of rotatable bonds is 2. The zero-order chi connectivity index (χ0) is 15.9. The van der Waals surface area contributed by atoms with Gasteiger partial charge in [-0.05, 0) is 30.0 Å². The van der Waals surface area contributed by atoms with E-state index < -0.39 is 0 Å². The number of carbonyl (C=O) groups excluding carboxylic acids is 2. The summed E-state index contributed by atoms with van der Waals surface area (Å²) in [5, 5.41) is 1.92. The molecule has 0 bridgehead atoms. The van der Waals surface area contributed by atoms with Crippen molar-refractivity contribution in [3.63, 3.8) is 0 Å². The largest absolute Gasteiger partial charge is 0.338 e. The van der Waals surface area contributed by atoms with Gasteiger partial charge in [0.05, 0.1) is 10.4 Å². The lowest BCUT2D eigenvalue weighted by molar-refractivity contribution is 0.0114. The number of pyridine rings is 1. The van der Waals surface area contributed by atoms with E-state index in [9.17, 15) is 9.59 Å². The molecule has 2 amide bonds. The third kappa shape index (κ3) is 2.53. The number of nitrogens with zero attached hydrogens (tertiary/aromatic N) is 3. The van der Waals surface area contributed by atoms with Crippen LogP contribution in [0.25, 0.3) is 0 Å². The van der Waals surface area contributed by atoms with Crippen LogP contribution in [0.2, 0.25) is 0 Å². The van der Waals surface area contributed by atoms with E-state index in [1.807, 2.05) is 27.3 Å². The van der Waals surface area contributed by atoms with E-state index in [0.717, 1.165) is 37.5 Å². The molecule has 2 aliphatic rings. The Kier molecular flexibility index (Phi) is 3.41. The summed E-state index contributed by atoms with van der Waals surface area (Å²) in [6.45, 7) is 2.99. The summed E-state index contributed by atoms with van der Waals surface area (Å²) in [5.74, 6) is 0.153. The summed E-state index contributed by atoms with van der Waals surface area (Å²) < 4.78 is 0. The highest BCUT2D eigenvalue weighted by Crippen LogP contribution is 2.40. The molecule has 2 saturated heterocycles. The van der Waals surface area contributed by atoms with Crippen molar-refractivity contribution in [3.8, 4) is 0 Å². The van der Waals surface area contributed by atoms with Crippen molar-refractivity contribution in [2.45, 2.75) is 6.42 Å². The topological polar surface area (TPSA) is 53.5 Å². The smallest absolute Gasteiger partial charge is 0.263 e. The summed E-state index contributed by atoms with van der Waals surface area (Å²) >= 11 is 1.48. The van der Waals surface area contributed by atoms with E-state index >= 15 is 0 Å². The molecule has 0 atom stereocenters. The summed E-state index contributed by atoms with van der Waals surface area (Å²) in [5.41, 5.74) is 0.723. The SMILES string of the molecule is O=C(c1cccnc1)N1CCC2(C1)CN(C(=O)c1cccs1)C2.